The highest BCUT2D eigenvalue weighted by Gasteiger charge is 2.12. The molecule has 0 bridgehead atoms. The molecule has 2 N–H and O–H groups in total. The van der Waals surface area contributed by atoms with Gasteiger partial charge in [-0.3, -0.25) is 0 Å². The van der Waals surface area contributed by atoms with Crippen molar-refractivity contribution in [3.8, 4) is 0 Å². The van der Waals surface area contributed by atoms with Gasteiger partial charge in [-0.15, -0.1) is 0 Å². The van der Waals surface area contributed by atoms with Crippen LogP contribution < -0.4 is 10.6 Å². The minimum absolute atomic E-state index is 0.282. The van der Waals surface area contributed by atoms with Crippen molar-refractivity contribution in [2.45, 2.75) is 33.2 Å². The van der Waals surface area contributed by atoms with E-state index in [9.17, 15) is 0 Å². The number of rotatable bonds is 5. The Bertz CT molecular complexity index is 626. The molecule has 0 atom stereocenters. The summed E-state index contributed by atoms with van der Waals surface area (Å²) in [5.74, 6) is 2.84. The Balaban J connectivity index is 2.24. The summed E-state index contributed by atoms with van der Waals surface area (Å²) in [6.07, 6.45) is 0. The molecule has 5 heteroatoms. The monoisotopic (exact) mass is 304 g/mol. The zero-order valence-corrected chi connectivity index (χ0v) is 13.6. The van der Waals surface area contributed by atoms with E-state index in [0.717, 1.165) is 33.6 Å². The predicted octanol–water partition coefficient (Wildman–Crippen LogP) is 4.22. The zero-order chi connectivity index (χ0) is 15.4. The molecule has 0 amide bonds. The van der Waals surface area contributed by atoms with Crippen LogP contribution in [0, 0.1) is 6.92 Å². The van der Waals surface area contributed by atoms with E-state index in [1.54, 1.807) is 0 Å². The number of hydrogen-bond donors (Lipinski definition) is 2. The molecule has 0 aliphatic heterocycles. The summed E-state index contributed by atoms with van der Waals surface area (Å²) in [4.78, 5) is 9.16. The van der Waals surface area contributed by atoms with E-state index in [1.165, 1.54) is 0 Å². The van der Waals surface area contributed by atoms with Gasteiger partial charge in [0.2, 0.25) is 0 Å². The molecule has 0 unspecified atom stereocenters. The van der Waals surface area contributed by atoms with Crippen LogP contribution in [0.5, 0.6) is 0 Å². The highest BCUT2D eigenvalue weighted by atomic mass is 35.5. The minimum Gasteiger partial charge on any atom is -0.373 e. The number of aromatic nitrogens is 2. The van der Waals surface area contributed by atoms with Gasteiger partial charge in [-0.1, -0.05) is 37.6 Å². The van der Waals surface area contributed by atoms with Crippen LogP contribution in [0.3, 0.4) is 0 Å². The fraction of sp³-hybridized carbons (Fsp3) is 0.375. The minimum atomic E-state index is 0.282. The van der Waals surface area contributed by atoms with Gasteiger partial charge in [0.15, 0.2) is 0 Å². The summed E-state index contributed by atoms with van der Waals surface area (Å²) in [7, 11) is 1.88. The van der Waals surface area contributed by atoms with E-state index in [1.807, 2.05) is 38.2 Å². The van der Waals surface area contributed by atoms with Gasteiger partial charge in [0.05, 0.1) is 0 Å². The molecule has 4 nitrogen and oxygen atoms in total. The summed E-state index contributed by atoms with van der Waals surface area (Å²) in [5.41, 5.74) is 2.14. The molecule has 0 saturated heterocycles. The van der Waals surface area contributed by atoms with E-state index in [2.05, 4.69) is 34.4 Å². The van der Waals surface area contributed by atoms with Crippen molar-refractivity contribution in [1.82, 2.24) is 9.97 Å². The molecule has 0 aliphatic rings. The number of halogens is 1. The van der Waals surface area contributed by atoms with Gasteiger partial charge in [0.1, 0.15) is 17.5 Å². The van der Waals surface area contributed by atoms with Gasteiger partial charge < -0.3 is 10.6 Å². The smallest absolute Gasteiger partial charge is 0.135 e. The maximum Gasteiger partial charge on any atom is 0.135 e. The molecule has 0 radical (unpaired) electrons. The van der Waals surface area contributed by atoms with Crippen LogP contribution in [-0.4, -0.2) is 17.0 Å². The quantitative estimate of drug-likeness (QED) is 0.868. The molecule has 0 aliphatic carbocycles. The number of anilines is 2. The summed E-state index contributed by atoms with van der Waals surface area (Å²) >= 11 is 6.01. The molecule has 112 valence electrons. The molecule has 21 heavy (non-hydrogen) atoms. The molecule has 0 fully saturated rings. The first-order chi connectivity index (χ1) is 10.0. The summed E-state index contributed by atoms with van der Waals surface area (Å²) < 4.78 is 0. The van der Waals surface area contributed by atoms with E-state index >= 15 is 0 Å². The average molecular weight is 305 g/mol. The Kier molecular flexibility index (Phi) is 5.02. The Hall–Kier alpha value is -1.81. The van der Waals surface area contributed by atoms with Gasteiger partial charge in [-0.05, 0) is 24.6 Å². The highest BCUT2D eigenvalue weighted by Crippen LogP contribution is 2.23. The first kappa shape index (κ1) is 15.6. The van der Waals surface area contributed by atoms with Gasteiger partial charge in [0, 0.05) is 30.1 Å². The lowest BCUT2D eigenvalue weighted by Crippen LogP contribution is -2.10. The molecule has 2 rings (SSSR count). The first-order valence-electron chi connectivity index (χ1n) is 7.06. The molecule has 0 spiro atoms. The fourth-order valence-electron chi connectivity index (χ4n) is 2.04. The molecule has 2 aromatic rings. The van der Waals surface area contributed by atoms with Gasteiger partial charge in [-0.25, -0.2) is 9.97 Å². The lowest BCUT2D eigenvalue weighted by Gasteiger charge is -2.15. The van der Waals surface area contributed by atoms with Gasteiger partial charge in [-0.2, -0.15) is 0 Å². The highest BCUT2D eigenvalue weighted by molar-refractivity contribution is 6.30. The van der Waals surface area contributed by atoms with Crippen LogP contribution in [0.25, 0.3) is 0 Å². The lowest BCUT2D eigenvalue weighted by atomic mass is 10.2. The SMILES string of the molecule is CNc1nc(C(C)C)nc(NCc2cccc(Cl)c2)c1C. The molecular weight excluding hydrogens is 284 g/mol. The second-order valence-electron chi connectivity index (χ2n) is 5.29. The van der Waals surface area contributed by atoms with Crippen molar-refractivity contribution in [2.75, 3.05) is 17.7 Å². The normalized spacial score (nSPS) is 10.8. The summed E-state index contributed by atoms with van der Waals surface area (Å²) in [6, 6.07) is 7.81. The standard InChI is InChI=1S/C16H21ClN4/c1-10(2)14-20-15(18-4)11(3)16(21-14)19-9-12-6-5-7-13(17)8-12/h5-8,10H,9H2,1-4H3,(H2,18,19,20,21). The Morgan fingerprint density at radius 1 is 1.19 bits per heavy atom. The summed E-state index contributed by atoms with van der Waals surface area (Å²) in [6.45, 7) is 6.87. The fourth-order valence-corrected chi connectivity index (χ4v) is 2.25. The molecule has 1 aromatic heterocycles. The van der Waals surface area contributed by atoms with E-state index in [0.29, 0.717) is 6.54 Å². The Labute approximate surface area is 131 Å². The van der Waals surface area contributed by atoms with Gasteiger partial charge in [0.25, 0.3) is 0 Å². The van der Waals surface area contributed by atoms with Crippen molar-refractivity contribution >= 4 is 23.2 Å². The third-order valence-electron chi connectivity index (χ3n) is 3.27. The maximum absolute atomic E-state index is 6.01. The van der Waals surface area contributed by atoms with Crippen molar-refractivity contribution in [1.29, 1.82) is 0 Å². The first-order valence-corrected chi connectivity index (χ1v) is 7.43. The molecule has 1 aromatic carbocycles. The van der Waals surface area contributed by atoms with E-state index in [-0.39, 0.29) is 5.92 Å². The topological polar surface area (TPSA) is 49.8 Å². The number of benzene rings is 1. The Morgan fingerprint density at radius 2 is 1.90 bits per heavy atom. The second-order valence-corrected chi connectivity index (χ2v) is 5.73. The molecule has 0 saturated carbocycles. The van der Waals surface area contributed by atoms with Crippen LogP contribution in [0.1, 0.15) is 36.7 Å². The molecular formula is C16H21ClN4. The van der Waals surface area contributed by atoms with Crippen molar-refractivity contribution in [3.05, 3.63) is 46.2 Å². The number of hydrogen-bond acceptors (Lipinski definition) is 4. The van der Waals surface area contributed by atoms with Crippen LogP contribution >= 0.6 is 11.6 Å². The van der Waals surface area contributed by atoms with E-state index in [4.69, 9.17) is 11.6 Å². The van der Waals surface area contributed by atoms with Crippen molar-refractivity contribution in [2.24, 2.45) is 0 Å². The van der Waals surface area contributed by atoms with Crippen LogP contribution in [0.15, 0.2) is 24.3 Å². The maximum atomic E-state index is 6.01. The lowest BCUT2D eigenvalue weighted by molar-refractivity contribution is 0.773. The van der Waals surface area contributed by atoms with Crippen molar-refractivity contribution < 1.29 is 0 Å². The summed E-state index contributed by atoms with van der Waals surface area (Å²) in [5, 5.41) is 7.25. The second kappa shape index (κ2) is 6.76. The van der Waals surface area contributed by atoms with E-state index < -0.39 is 0 Å². The van der Waals surface area contributed by atoms with Crippen LogP contribution in [0.2, 0.25) is 5.02 Å². The van der Waals surface area contributed by atoms with Crippen LogP contribution in [0.4, 0.5) is 11.6 Å². The van der Waals surface area contributed by atoms with Crippen LogP contribution in [-0.2, 0) is 6.54 Å². The van der Waals surface area contributed by atoms with Gasteiger partial charge >= 0.3 is 0 Å². The third-order valence-corrected chi connectivity index (χ3v) is 3.50. The number of nitrogens with zero attached hydrogens (tertiary/aromatic N) is 2. The zero-order valence-electron chi connectivity index (χ0n) is 12.9. The van der Waals surface area contributed by atoms with Crippen molar-refractivity contribution in [3.63, 3.8) is 0 Å². The number of nitrogens with one attached hydrogen (secondary N) is 2. The largest absolute Gasteiger partial charge is 0.373 e. The predicted molar refractivity (Wildman–Crippen MR) is 89.2 cm³/mol. The Morgan fingerprint density at radius 3 is 2.52 bits per heavy atom. The molecule has 1 heterocycles. The third kappa shape index (κ3) is 3.85. The average Bonchev–Trinajstić information content (AvgIpc) is 2.46.